The van der Waals surface area contributed by atoms with Crippen molar-refractivity contribution in [3.63, 3.8) is 0 Å². The van der Waals surface area contributed by atoms with Gasteiger partial charge < -0.3 is 4.74 Å². The standard InChI is InChI=1S/C12H12ClNO2/c1-2-16-11-4-3-9(13)7-10(11)12(5-6-12)14-8-15/h3-4,7H,2,5-6H2,1H3. The molecule has 16 heavy (non-hydrogen) atoms. The van der Waals surface area contributed by atoms with Gasteiger partial charge in [0.1, 0.15) is 11.3 Å². The zero-order valence-electron chi connectivity index (χ0n) is 9.00. The van der Waals surface area contributed by atoms with Crippen LogP contribution in [0, 0.1) is 0 Å². The quantitative estimate of drug-likeness (QED) is 0.596. The van der Waals surface area contributed by atoms with Gasteiger partial charge in [-0.1, -0.05) is 11.6 Å². The Bertz CT molecular complexity index is 448. The molecule has 1 aromatic carbocycles. The lowest BCUT2D eigenvalue weighted by Crippen LogP contribution is -2.06. The number of aliphatic imine (C=N–C) groups is 1. The molecule has 0 spiro atoms. The van der Waals surface area contributed by atoms with Gasteiger partial charge in [0.2, 0.25) is 6.08 Å². The molecule has 1 aliphatic rings. The molecular weight excluding hydrogens is 226 g/mol. The van der Waals surface area contributed by atoms with Gasteiger partial charge in [-0.25, -0.2) is 4.79 Å². The van der Waals surface area contributed by atoms with Gasteiger partial charge in [0.15, 0.2) is 0 Å². The summed E-state index contributed by atoms with van der Waals surface area (Å²) >= 11 is 5.96. The molecule has 0 radical (unpaired) electrons. The summed E-state index contributed by atoms with van der Waals surface area (Å²) in [6.07, 6.45) is 3.33. The molecule has 1 aromatic rings. The summed E-state index contributed by atoms with van der Waals surface area (Å²) in [6.45, 7) is 2.50. The third-order valence-electron chi connectivity index (χ3n) is 2.73. The average molecular weight is 238 g/mol. The van der Waals surface area contributed by atoms with Crippen molar-refractivity contribution in [1.82, 2.24) is 0 Å². The fourth-order valence-corrected chi connectivity index (χ4v) is 1.97. The number of hydrogen-bond donors (Lipinski definition) is 0. The number of rotatable bonds is 4. The predicted molar refractivity (Wildman–Crippen MR) is 61.7 cm³/mol. The molecule has 0 aliphatic heterocycles. The summed E-state index contributed by atoms with van der Waals surface area (Å²) in [5, 5.41) is 0.630. The Morgan fingerprint density at radius 3 is 2.88 bits per heavy atom. The maximum atomic E-state index is 10.4. The van der Waals surface area contributed by atoms with Crippen LogP contribution >= 0.6 is 11.6 Å². The van der Waals surface area contributed by atoms with Crippen LogP contribution in [0.2, 0.25) is 5.02 Å². The highest BCUT2D eigenvalue weighted by atomic mass is 35.5. The number of halogens is 1. The number of nitrogens with zero attached hydrogens (tertiary/aromatic N) is 1. The first kappa shape index (κ1) is 11.2. The fourth-order valence-electron chi connectivity index (χ4n) is 1.79. The summed E-state index contributed by atoms with van der Waals surface area (Å²) in [6, 6.07) is 5.42. The minimum absolute atomic E-state index is 0.433. The highest BCUT2D eigenvalue weighted by molar-refractivity contribution is 6.30. The van der Waals surface area contributed by atoms with E-state index in [0.29, 0.717) is 11.6 Å². The van der Waals surface area contributed by atoms with Crippen LogP contribution in [0.25, 0.3) is 0 Å². The van der Waals surface area contributed by atoms with Crippen LogP contribution in [0.15, 0.2) is 23.2 Å². The molecule has 0 heterocycles. The maximum Gasteiger partial charge on any atom is 0.235 e. The lowest BCUT2D eigenvalue weighted by atomic mass is 10.0. The van der Waals surface area contributed by atoms with E-state index in [1.165, 1.54) is 0 Å². The second-order valence-electron chi connectivity index (χ2n) is 3.81. The average Bonchev–Trinajstić information content (AvgIpc) is 3.03. The van der Waals surface area contributed by atoms with Gasteiger partial charge in [-0.15, -0.1) is 0 Å². The fraction of sp³-hybridized carbons (Fsp3) is 0.417. The van der Waals surface area contributed by atoms with Crippen LogP contribution in [-0.2, 0) is 10.3 Å². The van der Waals surface area contributed by atoms with Gasteiger partial charge in [0.25, 0.3) is 0 Å². The van der Waals surface area contributed by atoms with E-state index in [9.17, 15) is 4.79 Å². The molecule has 0 unspecified atom stereocenters. The van der Waals surface area contributed by atoms with Gasteiger partial charge in [0.05, 0.1) is 6.61 Å². The number of hydrogen-bond acceptors (Lipinski definition) is 3. The van der Waals surface area contributed by atoms with E-state index in [0.717, 1.165) is 24.2 Å². The first-order chi connectivity index (χ1) is 7.72. The molecule has 0 aromatic heterocycles. The van der Waals surface area contributed by atoms with Gasteiger partial charge in [0, 0.05) is 10.6 Å². The normalized spacial score (nSPS) is 16.4. The first-order valence-electron chi connectivity index (χ1n) is 5.24. The van der Waals surface area contributed by atoms with Crippen molar-refractivity contribution in [3.8, 4) is 5.75 Å². The molecule has 1 aliphatic carbocycles. The summed E-state index contributed by atoms with van der Waals surface area (Å²) in [5.74, 6) is 0.753. The molecular formula is C12H12ClNO2. The van der Waals surface area contributed by atoms with Crippen molar-refractivity contribution < 1.29 is 9.53 Å². The second kappa shape index (κ2) is 4.28. The minimum atomic E-state index is -0.433. The first-order valence-corrected chi connectivity index (χ1v) is 5.61. The van der Waals surface area contributed by atoms with Crippen molar-refractivity contribution in [2.75, 3.05) is 6.61 Å². The van der Waals surface area contributed by atoms with Crippen LogP contribution in [-0.4, -0.2) is 12.7 Å². The molecule has 4 heteroatoms. The highest BCUT2D eigenvalue weighted by Crippen LogP contribution is 2.52. The van der Waals surface area contributed by atoms with E-state index in [-0.39, 0.29) is 0 Å². The maximum absolute atomic E-state index is 10.4. The zero-order valence-corrected chi connectivity index (χ0v) is 9.75. The van der Waals surface area contributed by atoms with E-state index in [1.54, 1.807) is 12.1 Å². The predicted octanol–water partition coefficient (Wildman–Crippen LogP) is 3.06. The number of carbonyl (C=O) groups excluding carboxylic acids is 1. The lowest BCUT2D eigenvalue weighted by Gasteiger charge is -2.14. The summed E-state index contributed by atoms with van der Waals surface area (Å²) in [7, 11) is 0. The van der Waals surface area contributed by atoms with Crippen molar-refractivity contribution >= 4 is 17.7 Å². The van der Waals surface area contributed by atoms with Gasteiger partial charge in [-0.2, -0.15) is 4.99 Å². The Morgan fingerprint density at radius 2 is 2.31 bits per heavy atom. The van der Waals surface area contributed by atoms with Crippen LogP contribution in [0.4, 0.5) is 0 Å². The largest absolute Gasteiger partial charge is 0.494 e. The van der Waals surface area contributed by atoms with Crippen molar-refractivity contribution in [2.24, 2.45) is 4.99 Å². The topological polar surface area (TPSA) is 38.7 Å². The molecule has 0 bridgehead atoms. The Kier molecular flexibility index (Phi) is 2.99. The highest BCUT2D eigenvalue weighted by Gasteiger charge is 2.47. The SMILES string of the molecule is CCOc1ccc(Cl)cc1C1(N=C=O)CC1. The summed E-state index contributed by atoms with van der Waals surface area (Å²) in [5.41, 5.74) is 0.460. The van der Waals surface area contributed by atoms with E-state index >= 15 is 0 Å². The van der Waals surface area contributed by atoms with Crippen LogP contribution in [0.5, 0.6) is 5.75 Å². The Morgan fingerprint density at radius 1 is 1.56 bits per heavy atom. The van der Waals surface area contributed by atoms with E-state index in [2.05, 4.69) is 4.99 Å². The van der Waals surface area contributed by atoms with Gasteiger partial charge >= 0.3 is 0 Å². The van der Waals surface area contributed by atoms with Crippen LogP contribution in [0.3, 0.4) is 0 Å². The molecule has 84 valence electrons. The second-order valence-corrected chi connectivity index (χ2v) is 4.24. The van der Waals surface area contributed by atoms with Crippen molar-refractivity contribution in [2.45, 2.75) is 25.3 Å². The Balaban J connectivity index is 2.45. The zero-order chi connectivity index (χ0) is 11.6. The van der Waals surface area contributed by atoms with E-state index < -0.39 is 5.54 Å². The molecule has 0 saturated heterocycles. The van der Waals surface area contributed by atoms with Gasteiger partial charge in [-0.05, 0) is 38.0 Å². The van der Waals surface area contributed by atoms with E-state index in [1.807, 2.05) is 19.1 Å². The minimum Gasteiger partial charge on any atom is -0.494 e. The Labute approximate surface area is 99.1 Å². The summed E-state index contributed by atoms with van der Waals surface area (Å²) in [4.78, 5) is 14.3. The molecule has 1 fully saturated rings. The molecule has 3 nitrogen and oxygen atoms in total. The molecule has 1 saturated carbocycles. The lowest BCUT2D eigenvalue weighted by molar-refractivity contribution is 0.333. The van der Waals surface area contributed by atoms with E-state index in [4.69, 9.17) is 16.3 Å². The number of benzene rings is 1. The third-order valence-corrected chi connectivity index (χ3v) is 2.96. The van der Waals surface area contributed by atoms with Gasteiger partial charge in [-0.3, -0.25) is 0 Å². The van der Waals surface area contributed by atoms with Crippen molar-refractivity contribution in [3.05, 3.63) is 28.8 Å². The summed E-state index contributed by atoms with van der Waals surface area (Å²) < 4.78 is 5.52. The molecule has 0 amide bonds. The monoisotopic (exact) mass is 237 g/mol. The van der Waals surface area contributed by atoms with Crippen LogP contribution < -0.4 is 4.74 Å². The third kappa shape index (κ3) is 1.97. The number of isocyanates is 1. The van der Waals surface area contributed by atoms with Crippen molar-refractivity contribution in [1.29, 1.82) is 0 Å². The molecule has 0 N–H and O–H groups in total. The van der Waals surface area contributed by atoms with Crippen LogP contribution in [0.1, 0.15) is 25.3 Å². The molecule has 0 atom stereocenters. The Hall–Kier alpha value is -1.31. The number of ether oxygens (including phenoxy) is 1. The smallest absolute Gasteiger partial charge is 0.235 e. The molecule has 2 rings (SSSR count).